The minimum absolute atomic E-state index is 0.0591. The van der Waals surface area contributed by atoms with Crippen LogP contribution in [0.2, 0.25) is 0 Å². The first-order chi connectivity index (χ1) is 17.6. The highest BCUT2D eigenvalue weighted by Gasteiger charge is 2.54. The van der Waals surface area contributed by atoms with Gasteiger partial charge in [-0.05, 0) is 37.3 Å². The molecule has 5 heteroatoms. The molecular formula is C31H37N3O2. The molecule has 3 aromatic carbocycles. The zero-order chi connectivity index (χ0) is 25.0. The van der Waals surface area contributed by atoms with Crippen molar-refractivity contribution in [3.8, 4) is 0 Å². The quantitative estimate of drug-likeness (QED) is 0.346. The van der Waals surface area contributed by atoms with E-state index in [-0.39, 0.29) is 6.04 Å². The van der Waals surface area contributed by atoms with Crippen LogP contribution in [0, 0.1) is 0 Å². The second-order valence-corrected chi connectivity index (χ2v) is 9.96. The number of hydrogen-bond acceptors (Lipinski definition) is 5. The fraction of sp³-hybridized carbons (Fsp3) is 0.387. The second kappa shape index (κ2) is 10.5. The van der Waals surface area contributed by atoms with Crippen LogP contribution in [0.15, 0.2) is 96.2 Å². The third-order valence-electron chi connectivity index (χ3n) is 7.68. The summed E-state index contributed by atoms with van der Waals surface area (Å²) in [5.41, 5.74) is 2.17. The van der Waals surface area contributed by atoms with E-state index in [1.807, 2.05) is 13.2 Å². The molecular weight excluding hydrogens is 446 g/mol. The van der Waals surface area contributed by atoms with E-state index in [4.69, 9.17) is 9.57 Å². The van der Waals surface area contributed by atoms with Gasteiger partial charge in [0.2, 0.25) is 5.72 Å². The Bertz CT molecular complexity index is 1110. The van der Waals surface area contributed by atoms with Crippen molar-refractivity contribution in [2.24, 2.45) is 5.16 Å². The lowest BCUT2D eigenvalue weighted by Crippen LogP contribution is -2.62. The van der Waals surface area contributed by atoms with Gasteiger partial charge in [-0.15, -0.1) is 0 Å². The summed E-state index contributed by atoms with van der Waals surface area (Å²) >= 11 is 0. The number of methoxy groups -OCH3 is 1. The van der Waals surface area contributed by atoms with Crippen LogP contribution in [0.3, 0.4) is 0 Å². The Kier molecular flexibility index (Phi) is 7.13. The molecule has 3 aromatic rings. The number of benzene rings is 3. The van der Waals surface area contributed by atoms with Crippen molar-refractivity contribution in [2.45, 2.75) is 63.3 Å². The molecule has 0 radical (unpaired) electrons. The van der Waals surface area contributed by atoms with Gasteiger partial charge in [-0.25, -0.2) is 10.0 Å². The van der Waals surface area contributed by atoms with Crippen molar-refractivity contribution in [3.05, 3.63) is 108 Å². The first-order valence-corrected chi connectivity index (χ1v) is 13.2. The van der Waals surface area contributed by atoms with Gasteiger partial charge in [-0.2, -0.15) is 0 Å². The lowest BCUT2D eigenvalue weighted by atomic mass is 9.79. The first-order valence-electron chi connectivity index (χ1n) is 13.2. The zero-order valence-corrected chi connectivity index (χ0v) is 21.6. The Hall–Kier alpha value is -3.15. The summed E-state index contributed by atoms with van der Waals surface area (Å²) in [5.74, 6) is 0.868. The van der Waals surface area contributed by atoms with Gasteiger partial charge in [-0.3, -0.25) is 0 Å². The molecule has 188 valence electrons. The van der Waals surface area contributed by atoms with Gasteiger partial charge in [0.15, 0.2) is 5.84 Å². The van der Waals surface area contributed by atoms with Crippen LogP contribution in [0.4, 0.5) is 0 Å². The summed E-state index contributed by atoms with van der Waals surface area (Å²) < 4.78 is 6.63. The number of oxime groups is 1. The van der Waals surface area contributed by atoms with Gasteiger partial charge < -0.3 is 9.57 Å². The maximum absolute atomic E-state index is 6.63. The molecule has 0 bridgehead atoms. The average molecular weight is 484 g/mol. The third-order valence-corrected chi connectivity index (χ3v) is 7.68. The van der Waals surface area contributed by atoms with Crippen LogP contribution in [-0.2, 0) is 15.2 Å². The topological polar surface area (TPSA) is 37.3 Å². The predicted molar refractivity (Wildman–Crippen MR) is 144 cm³/mol. The number of hydrazine groups is 1. The molecule has 2 aliphatic heterocycles. The number of amidine groups is 1. The summed E-state index contributed by atoms with van der Waals surface area (Å²) in [4.78, 5) is 6.27. The summed E-state index contributed by atoms with van der Waals surface area (Å²) in [5, 5.41) is 9.51. The van der Waals surface area contributed by atoms with Crippen LogP contribution in [0.25, 0.3) is 0 Å². The van der Waals surface area contributed by atoms with E-state index in [0.29, 0.717) is 0 Å². The molecule has 5 nitrogen and oxygen atoms in total. The molecule has 0 amide bonds. The van der Waals surface area contributed by atoms with Gasteiger partial charge in [-0.1, -0.05) is 109 Å². The monoisotopic (exact) mass is 483 g/mol. The smallest absolute Gasteiger partial charge is 0.222 e. The van der Waals surface area contributed by atoms with E-state index in [2.05, 4.69) is 114 Å². The number of nitrogens with zero attached hydrogens (tertiary/aromatic N) is 3. The highest BCUT2D eigenvalue weighted by Crippen LogP contribution is 2.46. The van der Waals surface area contributed by atoms with E-state index in [0.717, 1.165) is 61.2 Å². The molecule has 2 atom stereocenters. The summed E-state index contributed by atoms with van der Waals surface area (Å²) in [7, 11) is 1.85. The standard InChI is InChI=1S/C31H37N3O2/c1-4-5-23-30(2)34(29(32-36-30)25-16-9-6-10-17-25)33-24-15-22-28(33)31(35-3,26-18-11-7-12-19-26)27-20-13-8-14-21-27/h6-14,16-21,28H,4-5,15,22-24H2,1-3H3/t28-,30-/m0/s1. The van der Waals surface area contributed by atoms with Gasteiger partial charge >= 0.3 is 0 Å². The molecule has 2 aliphatic rings. The fourth-order valence-corrected chi connectivity index (χ4v) is 5.95. The first kappa shape index (κ1) is 24.5. The van der Waals surface area contributed by atoms with E-state index in [1.54, 1.807) is 0 Å². The maximum atomic E-state index is 6.63. The molecule has 1 saturated heterocycles. The van der Waals surface area contributed by atoms with Gasteiger partial charge in [0, 0.05) is 25.6 Å². The second-order valence-electron chi connectivity index (χ2n) is 9.96. The summed E-state index contributed by atoms with van der Waals surface area (Å²) in [6, 6.07) is 31.8. The van der Waals surface area contributed by atoms with Crippen LogP contribution < -0.4 is 0 Å². The van der Waals surface area contributed by atoms with Crippen molar-refractivity contribution in [1.82, 2.24) is 10.0 Å². The maximum Gasteiger partial charge on any atom is 0.222 e. The Morgan fingerprint density at radius 3 is 2.08 bits per heavy atom. The minimum Gasteiger partial charge on any atom is -0.367 e. The van der Waals surface area contributed by atoms with Crippen molar-refractivity contribution in [1.29, 1.82) is 0 Å². The van der Waals surface area contributed by atoms with Crippen molar-refractivity contribution in [2.75, 3.05) is 13.7 Å². The summed E-state index contributed by atoms with van der Waals surface area (Å²) in [6.45, 7) is 5.31. The minimum atomic E-state index is -0.644. The molecule has 0 aliphatic carbocycles. The number of unbranched alkanes of at least 4 members (excludes halogenated alkanes) is 1. The van der Waals surface area contributed by atoms with Crippen LogP contribution >= 0.6 is 0 Å². The van der Waals surface area contributed by atoms with Gasteiger partial charge in [0.25, 0.3) is 0 Å². The number of rotatable bonds is 9. The number of ether oxygens (including phenoxy) is 1. The lowest BCUT2D eigenvalue weighted by Gasteiger charge is -2.49. The van der Waals surface area contributed by atoms with Crippen molar-refractivity contribution >= 4 is 5.84 Å². The van der Waals surface area contributed by atoms with Gasteiger partial charge in [0.1, 0.15) is 5.60 Å². The molecule has 36 heavy (non-hydrogen) atoms. The normalized spacial score (nSPS) is 22.5. The molecule has 0 spiro atoms. The van der Waals surface area contributed by atoms with E-state index < -0.39 is 11.3 Å². The molecule has 0 saturated carbocycles. The van der Waals surface area contributed by atoms with Crippen LogP contribution in [0.1, 0.15) is 62.6 Å². The third kappa shape index (κ3) is 4.21. The lowest BCUT2D eigenvalue weighted by molar-refractivity contribution is -0.193. The van der Waals surface area contributed by atoms with Crippen LogP contribution in [0.5, 0.6) is 0 Å². The Labute approximate surface area is 215 Å². The molecule has 1 fully saturated rings. The summed E-state index contributed by atoms with van der Waals surface area (Å²) in [6.07, 6.45) is 5.13. The average Bonchev–Trinajstić information content (AvgIpc) is 3.55. The highest BCUT2D eigenvalue weighted by molar-refractivity contribution is 5.99. The Morgan fingerprint density at radius 1 is 0.944 bits per heavy atom. The molecule has 5 rings (SSSR count). The Morgan fingerprint density at radius 2 is 1.53 bits per heavy atom. The van der Waals surface area contributed by atoms with E-state index in [9.17, 15) is 0 Å². The van der Waals surface area contributed by atoms with Crippen molar-refractivity contribution < 1.29 is 9.57 Å². The Balaban J connectivity index is 1.64. The zero-order valence-electron chi connectivity index (χ0n) is 21.6. The molecule has 0 N–H and O–H groups in total. The molecule has 0 aromatic heterocycles. The van der Waals surface area contributed by atoms with Gasteiger partial charge in [0.05, 0.1) is 6.04 Å². The van der Waals surface area contributed by atoms with Crippen LogP contribution in [-0.4, -0.2) is 41.3 Å². The van der Waals surface area contributed by atoms with E-state index >= 15 is 0 Å². The van der Waals surface area contributed by atoms with Crippen molar-refractivity contribution in [3.63, 3.8) is 0 Å². The largest absolute Gasteiger partial charge is 0.367 e. The number of hydrogen-bond donors (Lipinski definition) is 0. The predicted octanol–water partition coefficient (Wildman–Crippen LogP) is 6.56. The molecule has 0 unspecified atom stereocenters. The SMILES string of the molecule is CCCC[C@]1(C)ON=C(c2ccccc2)N1N1CCC[C@H]1C(OC)(c1ccccc1)c1ccccc1. The highest BCUT2D eigenvalue weighted by atomic mass is 16.7. The molecule has 2 heterocycles. The fourth-order valence-electron chi connectivity index (χ4n) is 5.95. The van der Waals surface area contributed by atoms with E-state index in [1.165, 1.54) is 0 Å².